The van der Waals surface area contributed by atoms with Gasteiger partial charge in [-0.25, -0.2) is 4.79 Å². The van der Waals surface area contributed by atoms with E-state index in [1.165, 1.54) is 18.2 Å². The first kappa shape index (κ1) is 13.5. The number of hydrogen-bond donors (Lipinski definition) is 2. The number of nitrogens with one attached hydrogen (secondary N) is 1. The average Bonchev–Trinajstić information content (AvgIpc) is 2.48. The van der Waals surface area contributed by atoms with Gasteiger partial charge in [-0.15, -0.1) is 0 Å². The van der Waals surface area contributed by atoms with E-state index in [2.05, 4.69) is 5.32 Å². The number of para-hydroxylation sites is 1. The predicted molar refractivity (Wildman–Crippen MR) is 72.8 cm³/mol. The van der Waals surface area contributed by atoms with Gasteiger partial charge in [0.1, 0.15) is 0 Å². The Morgan fingerprint density at radius 3 is 2.10 bits per heavy atom. The summed E-state index contributed by atoms with van der Waals surface area (Å²) < 4.78 is 0. The summed E-state index contributed by atoms with van der Waals surface area (Å²) in [7, 11) is 0. The van der Waals surface area contributed by atoms with Gasteiger partial charge in [0.2, 0.25) is 0 Å². The number of carboxylic acids is 1. The molecule has 2 rings (SSSR count). The fourth-order valence-electron chi connectivity index (χ4n) is 1.69. The van der Waals surface area contributed by atoms with E-state index in [1.807, 2.05) is 0 Å². The van der Waals surface area contributed by atoms with Gasteiger partial charge >= 0.3 is 5.97 Å². The van der Waals surface area contributed by atoms with Crippen LogP contribution in [0.3, 0.4) is 0 Å². The van der Waals surface area contributed by atoms with Crippen LogP contribution in [-0.2, 0) is 4.79 Å². The smallest absolute Gasteiger partial charge is 0.377 e. The molecule has 20 heavy (non-hydrogen) atoms. The van der Waals surface area contributed by atoms with Crippen molar-refractivity contribution in [2.45, 2.75) is 0 Å². The maximum atomic E-state index is 12.0. The van der Waals surface area contributed by atoms with E-state index < -0.39 is 17.7 Å². The highest BCUT2D eigenvalue weighted by molar-refractivity contribution is 6.41. The van der Waals surface area contributed by atoms with Crippen LogP contribution in [0.4, 0.5) is 5.69 Å². The Balaban J connectivity index is 2.28. The molecule has 0 aromatic heterocycles. The van der Waals surface area contributed by atoms with Crippen molar-refractivity contribution in [3.05, 3.63) is 65.7 Å². The summed E-state index contributed by atoms with van der Waals surface area (Å²) in [5.74, 6) is -3.03. The van der Waals surface area contributed by atoms with Crippen molar-refractivity contribution in [1.82, 2.24) is 0 Å². The van der Waals surface area contributed by atoms with Gasteiger partial charge in [-0.1, -0.05) is 30.3 Å². The fourth-order valence-corrected chi connectivity index (χ4v) is 1.69. The average molecular weight is 269 g/mol. The Morgan fingerprint density at radius 1 is 0.850 bits per heavy atom. The maximum absolute atomic E-state index is 12.0. The predicted octanol–water partition coefficient (Wildman–Crippen LogP) is 2.21. The number of Topliss-reactive ketones (excluding diaryl/α,β-unsaturated/α-hetero) is 1. The number of hydrogen-bond acceptors (Lipinski definition) is 3. The first-order valence-corrected chi connectivity index (χ1v) is 5.82. The third-order valence-electron chi connectivity index (χ3n) is 2.65. The Kier molecular flexibility index (Phi) is 3.91. The van der Waals surface area contributed by atoms with E-state index >= 15 is 0 Å². The van der Waals surface area contributed by atoms with Crippen molar-refractivity contribution in [1.29, 1.82) is 0 Å². The summed E-state index contributed by atoms with van der Waals surface area (Å²) in [5.41, 5.74) is 0.545. The van der Waals surface area contributed by atoms with Gasteiger partial charge in [0.25, 0.3) is 11.7 Å². The number of carboxylic acid groups (broad SMARTS) is 1. The SMILES string of the molecule is O=C(O)C(=O)c1ccccc1NC(=O)c1ccccc1. The van der Waals surface area contributed by atoms with Gasteiger partial charge in [-0.05, 0) is 24.3 Å². The first-order chi connectivity index (χ1) is 9.59. The molecule has 0 unspecified atom stereocenters. The second kappa shape index (κ2) is 5.79. The number of rotatable bonds is 4. The summed E-state index contributed by atoms with van der Waals surface area (Å²) in [6, 6.07) is 14.4. The monoisotopic (exact) mass is 269 g/mol. The molecule has 0 atom stereocenters. The third-order valence-corrected chi connectivity index (χ3v) is 2.65. The highest BCUT2D eigenvalue weighted by atomic mass is 16.4. The second-order valence-corrected chi connectivity index (χ2v) is 4.00. The summed E-state index contributed by atoms with van der Waals surface area (Å²) in [5, 5.41) is 11.3. The van der Waals surface area contributed by atoms with Crippen LogP contribution in [0, 0.1) is 0 Å². The van der Waals surface area contributed by atoms with Crippen molar-refractivity contribution >= 4 is 23.3 Å². The van der Waals surface area contributed by atoms with Gasteiger partial charge in [0.15, 0.2) is 0 Å². The molecule has 2 aromatic carbocycles. The standard InChI is InChI=1S/C15H11NO4/c17-13(15(19)20)11-8-4-5-9-12(11)16-14(18)10-6-2-1-3-7-10/h1-9H,(H,16,18)(H,19,20). The molecule has 0 spiro atoms. The topological polar surface area (TPSA) is 83.5 Å². The molecule has 0 bridgehead atoms. The maximum Gasteiger partial charge on any atom is 0.377 e. The van der Waals surface area contributed by atoms with Crippen LogP contribution in [0.1, 0.15) is 20.7 Å². The Morgan fingerprint density at radius 2 is 1.45 bits per heavy atom. The molecule has 100 valence electrons. The zero-order valence-corrected chi connectivity index (χ0v) is 10.4. The van der Waals surface area contributed by atoms with Crippen molar-refractivity contribution in [2.24, 2.45) is 0 Å². The zero-order chi connectivity index (χ0) is 14.5. The Hall–Kier alpha value is -2.95. The fraction of sp³-hybridized carbons (Fsp3) is 0. The molecule has 5 nitrogen and oxygen atoms in total. The van der Waals surface area contributed by atoms with Crippen LogP contribution >= 0.6 is 0 Å². The van der Waals surface area contributed by atoms with Crippen LogP contribution in [0.15, 0.2) is 54.6 Å². The molecule has 2 N–H and O–H groups in total. The number of carbonyl (C=O) groups is 3. The number of ketones is 1. The van der Waals surface area contributed by atoms with Crippen LogP contribution in [0.5, 0.6) is 0 Å². The third kappa shape index (κ3) is 2.89. The van der Waals surface area contributed by atoms with Crippen molar-refractivity contribution in [3.63, 3.8) is 0 Å². The van der Waals surface area contributed by atoms with E-state index in [0.717, 1.165) is 0 Å². The molecule has 1 amide bonds. The lowest BCUT2D eigenvalue weighted by molar-refractivity contribution is -0.131. The van der Waals surface area contributed by atoms with Gasteiger partial charge < -0.3 is 10.4 Å². The van der Waals surface area contributed by atoms with E-state index in [9.17, 15) is 14.4 Å². The highest BCUT2D eigenvalue weighted by Crippen LogP contribution is 2.17. The molecule has 0 saturated heterocycles. The van der Waals surface area contributed by atoms with Crippen LogP contribution in [0.2, 0.25) is 0 Å². The van der Waals surface area contributed by atoms with E-state index in [-0.39, 0.29) is 11.3 Å². The van der Waals surface area contributed by atoms with Gasteiger partial charge in [-0.3, -0.25) is 9.59 Å². The largest absolute Gasteiger partial charge is 0.475 e. The lowest BCUT2D eigenvalue weighted by Gasteiger charge is -2.08. The Bertz CT molecular complexity index is 665. The van der Waals surface area contributed by atoms with Crippen molar-refractivity contribution in [3.8, 4) is 0 Å². The molecular weight excluding hydrogens is 258 g/mol. The molecule has 2 aromatic rings. The first-order valence-electron chi connectivity index (χ1n) is 5.82. The number of carbonyl (C=O) groups excluding carboxylic acids is 2. The molecule has 0 heterocycles. The van der Waals surface area contributed by atoms with Gasteiger partial charge in [0, 0.05) is 5.56 Å². The molecule has 0 fully saturated rings. The Labute approximate surface area is 114 Å². The minimum atomic E-state index is -1.56. The lowest BCUT2D eigenvalue weighted by atomic mass is 10.1. The molecule has 0 aliphatic rings. The minimum absolute atomic E-state index is 0.0516. The van der Waals surface area contributed by atoms with Gasteiger partial charge in [-0.2, -0.15) is 0 Å². The normalized spacial score (nSPS) is 9.80. The summed E-state index contributed by atoms with van der Waals surface area (Å²) in [4.78, 5) is 34.3. The van der Waals surface area contributed by atoms with Crippen molar-refractivity contribution < 1.29 is 19.5 Å². The number of aliphatic carboxylic acids is 1. The molecule has 0 aliphatic carbocycles. The second-order valence-electron chi connectivity index (χ2n) is 4.00. The van der Waals surface area contributed by atoms with E-state index in [1.54, 1.807) is 36.4 Å². The summed E-state index contributed by atoms with van der Waals surface area (Å²) in [6.07, 6.45) is 0. The molecule has 5 heteroatoms. The number of benzene rings is 2. The van der Waals surface area contributed by atoms with Crippen LogP contribution < -0.4 is 5.32 Å². The highest BCUT2D eigenvalue weighted by Gasteiger charge is 2.19. The van der Waals surface area contributed by atoms with Crippen LogP contribution in [-0.4, -0.2) is 22.8 Å². The number of anilines is 1. The lowest BCUT2D eigenvalue weighted by Crippen LogP contribution is -2.18. The zero-order valence-electron chi connectivity index (χ0n) is 10.4. The van der Waals surface area contributed by atoms with E-state index in [4.69, 9.17) is 5.11 Å². The molecule has 0 radical (unpaired) electrons. The molecule has 0 saturated carbocycles. The van der Waals surface area contributed by atoms with Crippen molar-refractivity contribution in [2.75, 3.05) is 5.32 Å². The summed E-state index contributed by atoms with van der Waals surface area (Å²) in [6.45, 7) is 0. The van der Waals surface area contributed by atoms with Gasteiger partial charge in [0.05, 0.1) is 11.3 Å². The minimum Gasteiger partial charge on any atom is -0.475 e. The number of amides is 1. The molecule has 0 aliphatic heterocycles. The van der Waals surface area contributed by atoms with Crippen LogP contribution in [0.25, 0.3) is 0 Å². The summed E-state index contributed by atoms with van der Waals surface area (Å²) >= 11 is 0. The quantitative estimate of drug-likeness (QED) is 0.658. The van der Waals surface area contributed by atoms with E-state index in [0.29, 0.717) is 5.56 Å². The molecular formula is C15H11NO4.